The fourth-order valence-corrected chi connectivity index (χ4v) is 4.95. The summed E-state index contributed by atoms with van der Waals surface area (Å²) in [6.07, 6.45) is 0. The maximum Gasteiger partial charge on any atom is 0.263 e. The summed E-state index contributed by atoms with van der Waals surface area (Å²) in [6.45, 7) is 0. The molecular weight excluding hydrogens is 394 g/mol. The van der Waals surface area contributed by atoms with Gasteiger partial charge in [0.1, 0.15) is 5.65 Å². The molecule has 0 saturated heterocycles. The molecule has 0 spiro atoms. The Kier molecular flexibility index (Phi) is 3.39. The molecule has 0 radical (unpaired) electrons. The summed E-state index contributed by atoms with van der Waals surface area (Å²) in [5.41, 5.74) is 5.58. The molecule has 0 atom stereocenters. The van der Waals surface area contributed by atoms with Crippen LogP contribution >= 0.6 is 0 Å². The third-order valence-corrected chi connectivity index (χ3v) is 6.29. The van der Waals surface area contributed by atoms with Gasteiger partial charge < -0.3 is 0 Å². The van der Waals surface area contributed by atoms with Gasteiger partial charge in [0.2, 0.25) is 0 Å². The van der Waals surface area contributed by atoms with Crippen molar-refractivity contribution in [2.24, 2.45) is 0 Å². The zero-order valence-electron chi connectivity index (χ0n) is 17.1. The van der Waals surface area contributed by atoms with Gasteiger partial charge in [-0.2, -0.15) is 0 Å². The van der Waals surface area contributed by atoms with Gasteiger partial charge in [-0.3, -0.25) is 13.8 Å². The van der Waals surface area contributed by atoms with Gasteiger partial charge in [-0.1, -0.05) is 72.8 Å². The van der Waals surface area contributed by atoms with Crippen LogP contribution in [0.2, 0.25) is 0 Å². The molecule has 7 aromatic rings. The van der Waals surface area contributed by atoms with Crippen molar-refractivity contribution >= 4 is 49.3 Å². The highest BCUT2D eigenvalue weighted by Gasteiger charge is 2.20. The lowest BCUT2D eigenvalue weighted by Crippen LogP contribution is -2.20. The maximum atomic E-state index is 13.9. The van der Waals surface area contributed by atoms with Crippen molar-refractivity contribution in [1.82, 2.24) is 14.0 Å². The first-order valence-corrected chi connectivity index (χ1v) is 10.6. The third-order valence-electron chi connectivity index (χ3n) is 6.29. The molecule has 0 aliphatic heterocycles. The van der Waals surface area contributed by atoms with Crippen LogP contribution in [0.5, 0.6) is 0 Å². The molecule has 7 rings (SSSR count). The first-order valence-electron chi connectivity index (χ1n) is 10.6. The topological polar surface area (TPSA) is 39.3 Å². The maximum absolute atomic E-state index is 13.9. The summed E-state index contributed by atoms with van der Waals surface area (Å²) in [5.74, 6) is 0. The van der Waals surface area contributed by atoms with Crippen LogP contribution in [-0.2, 0) is 0 Å². The summed E-state index contributed by atoms with van der Waals surface area (Å²) >= 11 is 0. The van der Waals surface area contributed by atoms with Crippen molar-refractivity contribution in [2.75, 3.05) is 0 Å². The van der Waals surface area contributed by atoms with Crippen LogP contribution in [0.25, 0.3) is 54.9 Å². The molecule has 0 N–H and O–H groups in total. The molecule has 3 heterocycles. The van der Waals surface area contributed by atoms with E-state index in [-0.39, 0.29) is 5.56 Å². The molecular formula is C28H17N3O. The number of hydrogen-bond acceptors (Lipinski definition) is 2. The minimum absolute atomic E-state index is 0.0202. The Bertz CT molecular complexity index is 1900. The Balaban J connectivity index is 1.94. The number of rotatable bonds is 1. The van der Waals surface area contributed by atoms with Gasteiger partial charge in [-0.25, -0.2) is 4.98 Å². The van der Waals surface area contributed by atoms with Crippen molar-refractivity contribution in [2.45, 2.75) is 0 Å². The van der Waals surface area contributed by atoms with E-state index in [1.54, 1.807) is 0 Å². The standard InChI is InChI=1S/C28H17N3O/c32-28-22-15-7-5-13-20(22)26-25(30(28)18-10-2-1-3-11-18)19-12-4-6-14-21(19)27-29-23-16-8-9-17-24(23)31(26)27/h1-17H. The summed E-state index contributed by atoms with van der Waals surface area (Å²) < 4.78 is 4.07. The Morgan fingerprint density at radius 2 is 1.16 bits per heavy atom. The predicted molar refractivity (Wildman–Crippen MR) is 131 cm³/mol. The van der Waals surface area contributed by atoms with Gasteiger partial charge in [0, 0.05) is 27.2 Å². The Hall–Kier alpha value is -4.44. The van der Waals surface area contributed by atoms with Gasteiger partial charge in [-0.05, 0) is 30.3 Å². The average Bonchev–Trinajstić information content (AvgIpc) is 3.25. The van der Waals surface area contributed by atoms with E-state index in [4.69, 9.17) is 4.98 Å². The molecule has 4 heteroatoms. The molecule has 150 valence electrons. The van der Waals surface area contributed by atoms with Crippen molar-refractivity contribution in [3.8, 4) is 5.69 Å². The minimum atomic E-state index is -0.0202. The summed E-state index contributed by atoms with van der Waals surface area (Å²) in [5, 5.41) is 3.66. The van der Waals surface area contributed by atoms with Crippen molar-refractivity contribution in [3.63, 3.8) is 0 Å². The molecule has 0 unspecified atom stereocenters. The van der Waals surface area contributed by atoms with Gasteiger partial charge in [-0.15, -0.1) is 0 Å². The van der Waals surface area contributed by atoms with E-state index >= 15 is 0 Å². The molecule has 0 saturated carbocycles. The second-order valence-corrected chi connectivity index (χ2v) is 8.02. The number of para-hydroxylation sites is 3. The van der Waals surface area contributed by atoms with Gasteiger partial charge in [0.05, 0.1) is 22.1 Å². The number of fused-ring (bicyclic) bond motifs is 10. The molecule has 4 nitrogen and oxygen atoms in total. The number of nitrogens with zero attached hydrogens (tertiary/aromatic N) is 3. The van der Waals surface area contributed by atoms with Gasteiger partial charge in [0.15, 0.2) is 0 Å². The molecule has 0 fully saturated rings. The molecule has 0 aliphatic rings. The van der Waals surface area contributed by atoms with E-state index in [1.165, 1.54) is 0 Å². The fourth-order valence-electron chi connectivity index (χ4n) is 4.95. The lowest BCUT2D eigenvalue weighted by molar-refractivity contribution is 1.06. The summed E-state index contributed by atoms with van der Waals surface area (Å²) in [6, 6.07) is 34.2. The van der Waals surface area contributed by atoms with E-state index in [1.807, 2.05) is 89.5 Å². The van der Waals surface area contributed by atoms with Crippen LogP contribution in [0.1, 0.15) is 0 Å². The zero-order chi connectivity index (χ0) is 21.2. The van der Waals surface area contributed by atoms with Crippen LogP contribution in [-0.4, -0.2) is 14.0 Å². The molecule has 32 heavy (non-hydrogen) atoms. The SMILES string of the molecule is O=c1c2ccccc2c2c(c3ccccc3c3nc4ccccc4n32)n1-c1ccccc1. The monoisotopic (exact) mass is 411 g/mol. The fraction of sp³-hybridized carbons (Fsp3) is 0. The first kappa shape index (κ1) is 17.3. The van der Waals surface area contributed by atoms with E-state index in [2.05, 4.69) is 22.6 Å². The number of imidazole rings is 1. The summed E-state index contributed by atoms with van der Waals surface area (Å²) in [4.78, 5) is 18.9. The van der Waals surface area contributed by atoms with Crippen molar-refractivity contribution < 1.29 is 0 Å². The van der Waals surface area contributed by atoms with Crippen molar-refractivity contribution in [3.05, 3.63) is 113 Å². The lowest BCUT2D eigenvalue weighted by Gasteiger charge is -2.17. The highest BCUT2D eigenvalue weighted by molar-refractivity contribution is 6.19. The van der Waals surface area contributed by atoms with Crippen molar-refractivity contribution in [1.29, 1.82) is 0 Å². The number of benzene rings is 4. The first-order chi connectivity index (χ1) is 15.8. The molecule has 0 aliphatic carbocycles. The lowest BCUT2D eigenvalue weighted by atomic mass is 10.0. The van der Waals surface area contributed by atoms with Gasteiger partial charge in [0.25, 0.3) is 5.56 Å². The Morgan fingerprint density at radius 3 is 1.94 bits per heavy atom. The molecule has 0 amide bonds. The molecule has 4 aromatic carbocycles. The average molecular weight is 411 g/mol. The number of aromatic nitrogens is 3. The van der Waals surface area contributed by atoms with Crippen LogP contribution in [0.3, 0.4) is 0 Å². The largest absolute Gasteiger partial charge is 0.290 e. The van der Waals surface area contributed by atoms with E-state index in [0.717, 1.165) is 49.6 Å². The zero-order valence-corrected chi connectivity index (χ0v) is 17.1. The highest BCUT2D eigenvalue weighted by Crippen LogP contribution is 2.35. The Labute approximate surface area is 182 Å². The van der Waals surface area contributed by atoms with Gasteiger partial charge >= 0.3 is 0 Å². The smallest absolute Gasteiger partial charge is 0.263 e. The van der Waals surface area contributed by atoms with Crippen LogP contribution in [0, 0.1) is 0 Å². The number of pyridine rings is 2. The van der Waals surface area contributed by atoms with Crippen LogP contribution < -0.4 is 5.56 Å². The summed E-state index contributed by atoms with van der Waals surface area (Å²) in [7, 11) is 0. The minimum Gasteiger partial charge on any atom is -0.290 e. The normalized spacial score (nSPS) is 11.9. The van der Waals surface area contributed by atoms with E-state index in [9.17, 15) is 4.79 Å². The quantitative estimate of drug-likeness (QED) is 0.306. The number of hydrogen-bond donors (Lipinski definition) is 0. The van der Waals surface area contributed by atoms with E-state index in [0.29, 0.717) is 5.39 Å². The highest BCUT2D eigenvalue weighted by atomic mass is 16.1. The molecule has 0 bridgehead atoms. The Morgan fingerprint density at radius 1 is 0.562 bits per heavy atom. The third kappa shape index (κ3) is 2.16. The van der Waals surface area contributed by atoms with Crippen LogP contribution in [0.15, 0.2) is 108 Å². The van der Waals surface area contributed by atoms with Crippen LogP contribution in [0.4, 0.5) is 0 Å². The predicted octanol–water partition coefficient (Wildman–Crippen LogP) is 6.10. The van der Waals surface area contributed by atoms with E-state index < -0.39 is 0 Å². The molecule has 3 aromatic heterocycles. The second-order valence-electron chi connectivity index (χ2n) is 8.02. The second kappa shape index (κ2) is 6.28.